The molecule has 3 N–H and O–H groups in total. The number of carbonyl (C=O) groups excluding carboxylic acids is 2. The first-order chi connectivity index (χ1) is 18.2. The van der Waals surface area contributed by atoms with Crippen molar-refractivity contribution in [3.8, 4) is 0 Å². The second kappa shape index (κ2) is 10.7. The van der Waals surface area contributed by atoms with Gasteiger partial charge in [0.25, 0.3) is 0 Å². The Hall–Kier alpha value is -3.43. The van der Waals surface area contributed by atoms with Crippen molar-refractivity contribution in [3.63, 3.8) is 0 Å². The highest BCUT2D eigenvalue weighted by atomic mass is 35.5. The third-order valence-electron chi connectivity index (χ3n) is 6.58. The molecular weight excluding hydrogens is 520 g/mol. The molecule has 0 spiro atoms. The smallest absolute Gasteiger partial charge is 0.303 e. The van der Waals surface area contributed by atoms with E-state index in [9.17, 15) is 9.59 Å². The minimum Gasteiger partial charge on any atom is -0.455 e. The molecule has 15 nitrogen and oxygen atoms in total. The molecule has 0 unspecified atom stereocenters. The number of ether oxygens (including phenoxy) is 3. The Morgan fingerprint density at radius 2 is 1.87 bits per heavy atom. The van der Waals surface area contributed by atoms with Crippen LogP contribution in [0.3, 0.4) is 0 Å². The number of hydrogen-bond donors (Lipinski definition) is 2. The molecule has 38 heavy (non-hydrogen) atoms. The predicted molar refractivity (Wildman–Crippen MR) is 132 cm³/mol. The molecule has 204 valence electrons. The maximum absolute atomic E-state index is 12.1. The van der Waals surface area contributed by atoms with Crippen LogP contribution in [0, 0.1) is 0 Å². The first-order valence-corrected chi connectivity index (χ1v) is 12.8. The number of nitrogens with two attached hydrogens (primary N) is 1. The first kappa shape index (κ1) is 26.2. The summed E-state index contributed by atoms with van der Waals surface area (Å²) >= 11 is 6.31. The molecule has 0 bridgehead atoms. The van der Waals surface area contributed by atoms with Crippen molar-refractivity contribution in [3.05, 3.63) is 17.4 Å². The van der Waals surface area contributed by atoms with E-state index in [4.69, 9.17) is 31.5 Å². The maximum atomic E-state index is 12.1. The highest BCUT2D eigenvalue weighted by Crippen LogP contribution is 2.42. The van der Waals surface area contributed by atoms with Gasteiger partial charge < -0.3 is 25.3 Å². The van der Waals surface area contributed by atoms with Crippen LogP contribution in [-0.4, -0.2) is 76.0 Å². The van der Waals surface area contributed by atoms with Crippen molar-refractivity contribution in [2.24, 2.45) is 5.73 Å². The highest BCUT2D eigenvalue weighted by Gasteiger charge is 2.53. The second-order valence-corrected chi connectivity index (χ2v) is 9.69. The van der Waals surface area contributed by atoms with E-state index in [1.807, 2.05) is 6.92 Å². The lowest BCUT2D eigenvalue weighted by Crippen LogP contribution is -2.37. The molecule has 16 heteroatoms. The second-order valence-electron chi connectivity index (χ2n) is 9.35. The number of carbonyl (C=O) groups is 2. The van der Waals surface area contributed by atoms with Crippen molar-refractivity contribution in [2.45, 2.75) is 89.6 Å². The SMILES string of the molecule is CCn1nnc([C@H]2O[C@@H](n3cnc4c(NC5CCC(N)CC5)nc(Cl)nc43)[C@H](OC(C)=O)[C@@H]2OC(C)=O)n1. The van der Waals surface area contributed by atoms with Gasteiger partial charge in [0.15, 0.2) is 41.5 Å². The van der Waals surface area contributed by atoms with Crippen molar-refractivity contribution >= 4 is 40.5 Å². The van der Waals surface area contributed by atoms with E-state index in [1.165, 1.54) is 25.0 Å². The minimum atomic E-state index is -1.07. The topological polar surface area (TPSA) is 187 Å². The summed E-state index contributed by atoms with van der Waals surface area (Å²) < 4.78 is 19.0. The molecule has 3 aromatic rings. The molecule has 0 amide bonds. The summed E-state index contributed by atoms with van der Waals surface area (Å²) in [6.45, 7) is 4.83. The van der Waals surface area contributed by atoms with Crippen LogP contribution in [0.2, 0.25) is 5.28 Å². The number of imidazole rings is 1. The molecule has 1 saturated heterocycles. The lowest BCUT2D eigenvalue weighted by molar-refractivity contribution is -0.165. The molecule has 5 rings (SSSR count). The normalized spacial score (nSPS) is 27.4. The number of tetrazole rings is 1. The Labute approximate surface area is 222 Å². The van der Waals surface area contributed by atoms with Gasteiger partial charge in [0.05, 0.1) is 12.9 Å². The lowest BCUT2D eigenvalue weighted by Gasteiger charge is -2.27. The van der Waals surface area contributed by atoms with E-state index in [0.717, 1.165) is 25.7 Å². The quantitative estimate of drug-likeness (QED) is 0.318. The monoisotopic (exact) mass is 548 g/mol. The van der Waals surface area contributed by atoms with Crippen molar-refractivity contribution in [1.82, 2.24) is 39.7 Å². The maximum Gasteiger partial charge on any atom is 0.303 e. The fourth-order valence-corrected chi connectivity index (χ4v) is 5.01. The van der Waals surface area contributed by atoms with Gasteiger partial charge >= 0.3 is 11.9 Å². The van der Waals surface area contributed by atoms with Gasteiger partial charge in [-0.2, -0.15) is 14.8 Å². The lowest BCUT2D eigenvalue weighted by atomic mass is 9.92. The van der Waals surface area contributed by atoms with Crippen molar-refractivity contribution in [2.75, 3.05) is 5.32 Å². The predicted octanol–water partition coefficient (Wildman–Crippen LogP) is 1.30. The Bertz CT molecular complexity index is 1320. The number of anilines is 1. The number of aryl methyl sites for hydroxylation is 1. The van der Waals surface area contributed by atoms with Crippen molar-refractivity contribution < 1.29 is 23.8 Å². The Balaban J connectivity index is 1.53. The number of hydrogen-bond acceptors (Lipinski definition) is 13. The fourth-order valence-electron chi connectivity index (χ4n) is 4.85. The van der Waals surface area contributed by atoms with Gasteiger partial charge in [-0.15, -0.1) is 10.2 Å². The standard InChI is InChI=1S/C22H29ClN10O5/c1-4-33-30-19(29-31-33)16-15(36-10(2)34)17(37-11(3)35)21(38-16)32-9-25-14-18(27-22(23)28-20(14)32)26-13-7-5-12(24)6-8-13/h9,12-13,15-17,21H,4-8,24H2,1-3H3,(H,26,27,28)/t12?,13?,15-,16+,17-,21-/m1/s1. The third kappa shape index (κ3) is 5.26. The average Bonchev–Trinajstić information content (AvgIpc) is 3.58. The van der Waals surface area contributed by atoms with Crippen LogP contribution in [0.1, 0.15) is 64.6 Å². The van der Waals surface area contributed by atoms with E-state index < -0.39 is 36.5 Å². The van der Waals surface area contributed by atoms with E-state index in [2.05, 4.69) is 35.7 Å². The van der Waals surface area contributed by atoms with E-state index in [-0.39, 0.29) is 23.2 Å². The molecule has 2 aliphatic rings. The molecule has 2 fully saturated rings. The van der Waals surface area contributed by atoms with Gasteiger partial charge in [-0.25, -0.2) is 4.98 Å². The van der Waals surface area contributed by atoms with Crippen LogP contribution < -0.4 is 11.1 Å². The largest absolute Gasteiger partial charge is 0.455 e. The number of rotatable bonds is 7. The van der Waals surface area contributed by atoms with Crippen molar-refractivity contribution in [1.29, 1.82) is 0 Å². The van der Waals surface area contributed by atoms with Gasteiger partial charge in [0.2, 0.25) is 11.1 Å². The Morgan fingerprint density at radius 3 is 2.53 bits per heavy atom. The summed E-state index contributed by atoms with van der Waals surface area (Å²) in [5, 5.41) is 15.7. The molecule has 1 saturated carbocycles. The molecule has 1 aliphatic heterocycles. The molecule has 0 radical (unpaired) electrons. The number of halogens is 1. The average molecular weight is 549 g/mol. The van der Waals surface area contributed by atoms with Gasteiger partial charge in [-0.1, -0.05) is 0 Å². The van der Waals surface area contributed by atoms with Gasteiger partial charge in [0, 0.05) is 25.9 Å². The van der Waals surface area contributed by atoms with Gasteiger partial charge in [-0.05, 0) is 49.4 Å². The molecular formula is C22H29ClN10O5. The van der Waals surface area contributed by atoms with Crippen LogP contribution in [-0.2, 0) is 30.3 Å². The summed E-state index contributed by atoms with van der Waals surface area (Å²) in [6.07, 6.45) is 0.971. The summed E-state index contributed by atoms with van der Waals surface area (Å²) in [5.41, 5.74) is 6.84. The zero-order chi connectivity index (χ0) is 27.0. The zero-order valence-electron chi connectivity index (χ0n) is 21.2. The number of nitrogens with one attached hydrogen (secondary N) is 1. The van der Waals surface area contributed by atoms with Gasteiger partial charge in [-0.3, -0.25) is 14.2 Å². The molecule has 4 heterocycles. The summed E-state index contributed by atoms with van der Waals surface area (Å²) in [6, 6.07) is 0.362. The first-order valence-electron chi connectivity index (χ1n) is 12.4. The molecule has 4 atom stereocenters. The van der Waals surface area contributed by atoms with E-state index in [0.29, 0.717) is 23.5 Å². The zero-order valence-corrected chi connectivity index (χ0v) is 21.9. The summed E-state index contributed by atoms with van der Waals surface area (Å²) in [4.78, 5) is 38.7. The van der Waals surface area contributed by atoms with E-state index in [1.54, 1.807) is 4.57 Å². The summed E-state index contributed by atoms with van der Waals surface area (Å²) in [7, 11) is 0. The minimum absolute atomic E-state index is 0.00284. The third-order valence-corrected chi connectivity index (χ3v) is 6.75. The van der Waals surface area contributed by atoms with Crippen LogP contribution >= 0.6 is 11.6 Å². The Morgan fingerprint density at radius 1 is 1.16 bits per heavy atom. The van der Waals surface area contributed by atoms with E-state index >= 15 is 0 Å². The van der Waals surface area contributed by atoms with Crippen LogP contribution in [0.15, 0.2) is 6.33 Å². The Kier molecular flexibility index (Phi) is 7.40. The summed E-state index contributed by atoms with van der Waals surface area (Å²) in [5.74, 6) is -0.542. The number of aromatic nitrogens is 8. The van der Waals surface area contributed by atoms with Crippen LogP contribution in [0.5, 0.6) is 0 Å². The molecule has 1 aliphatic carbocycles. The number of esters is 2. The molecule has 0 aromatic carbocycles. The van der Waals surface area contributed by atoms with Crippen LogP contribution in [0.4, 0.5) is 5.82 Å². The number of nitrogens with zero attached hydrogens (tertiary/aromatic N) is 8. The number of fused-ring (bicyclic) bond motifs is 1. The molecule has 3 aromatic heterocycles. The van der Waals surface area contributed by atoms with Gasteiger partial charge in [0.1, 0.15) is 0 Å². The fraction of sp³-hybridized carbons (Fsp3) is 0.636. The van der Waals surface area contributed by atoms with Crippen LogP contribution in [0.25, 0.3) is 11.2 Å². The highest BCUT2D eigenvalue weighted by molar-refractivity contribution is 6.28.